The van der Waals surface area contributed by atoms with Crippen LogP contribution in [0.3, 0.4) is 0 Å². The summed E-state index contributed by atoms with van der Waals surface area (Å²) in [4.78, 5) is 11.8. The van der Waals surface area contributed by atoms with Crippen LogP contribution in [0, 0.1) is 5.92 Å². The van der Waals surface area contributed by atoms with E-state index in [0.717, 1.165) is 25.2 Å². The number of benzene rings is 1. The maximum absolute atomic E-state index is 11.8. The van der Waals surface area contributed by atoms with Crippen molar-refractivity contribution in [3.8, 4) is 0 Å². The molecule has 0 bridgehead atoms. The summed E-state index contributed by atoms with van der Waals surface area (Å²) in [6, 6.07) is 7.35. The summed E-state index contributed by atoms with van der Waals surface area (Å²) in [6.07, 6.45) is 0.772. The molecule has 1 unspecified atom stereocenters. The molecule has 1 aliphatic rings. The summed E-state index contributed by atoms with van der Waals surface area (Å²) in [6.45, 7) is 1.47. The molecule has 2 rings (SSSR count). The summed E-state index contributed by atoms with van der Waals surface area (Å²) in [5, 5.41) is 0.671. The molecule has 1 heterocycles. The number of carbonyl (C=O) groups is 1. The van der Waals surface area contributed by atoms with E-state index >= 15 is 0 Å². The number of esters is 1. The molecule has 0 aromatic heterocycles. The highest BCUT2D eigenvalue weighted by molar-refractivity contribution is 6.30. The van der Waals surface area contributed by atoms with Gasteiger partial charge in [0.25, 0.3) is 0 Å². The molecule has 1 fully saturated rings. The largest absolute Gasteiger partial charge is 0.469 e. The fourth-order valence-corrected chi connectivity index (χ4v) is 2.09. The molecule has 0 N–H and O–H groups in total. The van der Waals surface area contributed by atoms with Crippen LogP contribution in [0.4, 0.5) is 0 Å². The Morgan fingerprint density at radius 1 is 1.47 bits per heavy atom. The van der Waals surface area contributed by atoms with Gasteiger partial charge in [-0.25, -0.2) is 0 Å². The number of hydrogen-bond acceptors (Lipinski definition) is 3. The molecular formula is C13H15ClO3. The Labute approximate surface area is 106 Å². The van der Waals surface area contributed by atoms with E-state index < -0.39 is 0 Å². The van der Waals surface area contributed by atoms with Crippen molar-refractivity contribution in [2.75, 3.05) is 20.3 Å². The second-order valence-corrected chi connectivity index (χ2v) is 4.70. The van der Waals surface area contributed by atoms with Crippen molar-refractivity contribution in [1.82, 2.24) is 0 Å². The monoisotopic (exact) mass is 254 g/mol. The van der Waals surface area contributed by atoms with Gasteiger partial charge in [-0.2, -0.15) is 0 Å². The van der Waals surface area contributed by atoms with Crippen LogP contribution in [0.1, 0.15) is 17.9 Å². The van der Waals surface area contributed by atoms with E-state index in [-0.39, 0.29) is 11.9 Å². The number of methoxy groups -OCH3 is 1. The molecule has 0 aliphatic carbocycles. The van der Waals surface area contributed by atoms with E-state index in [1.165, 1.54) is 7.11 Å². The average molecular weight is 255 g/mol. The minimum atomic E-state index is -0.217. The van der Waals surface area contributed by atoms with Gasteiger partial charge in [0.15, 0.2) is 0 Å². The van der Waals surface area contributed by atoms with Gasteiger partial charge in [-0.15, -0.1) is 0 Å². The van der Waals surface area contributed by atoms with Gasteiger partial charge in [-0.3, -0.25) is 4.79 Å². The Morgan fingerprint density at radius 2 is 2.12 bits per heavy atom. The number of hydrogen-bond donors (Lipinski definition) is 0. The lowest BCUT2D eigenvalue weighted by Crippen LogP contribution is -2.31. The molecule has 1 atom stereocenters. The lowest BCUT2D eigenvalue weighted by molar-refractivity contribution is -0.144. The highest BCUT2D eigenvalue weighted by Crippen LogP contribution is 2.29. The predicted molar refractivity (Wildman–Crippen MR) is 65.1 cm³/mol. The first-order chi connectivity index (χ1) is 8.20. The van der Waals surface area contributed by atoms with Gasteiger partial charge >= 0.3 is 5.97 Å². The molecule has 17 heavy (non-hydrogen) atoms. The number of carbonyl (C=O) groups excluding carboxylic acids is 1. The van der Waals surface area contributed by atoms with Gasteiger partial charge in [-0.1, -0.05) is 23.7 Å². The van der Waals surface area contributed by atoms with Crippen LogP contribution >= 0.6 is 11.6 Å². The summed E-state index contributed by atoms with van der Waals surface area (Å²) in [7, 11) is 1.42. The first-order valence-corrected chi connectivity index (χ1v) is 5.99. The van der Waals surface area contributed by atoms with E-state index in [4.69, 9.17) is 21.1 Å². The summed E-state index contributed by atoms with van der Waals surface area (Å²) >= 11 is 5.84. The van der Waals surface area contributed by atoms with Crippen molar-refractivity contribution < 1.29 is 14.3 Å². The molecule has 0 amide bonds. The fraction of sp³-hybridized carbons (Fsp3) is 0.462. The van der Waals surface area contributed by atoms with Crippen LogP contribution < -0.4 is 0 Å². The van der Waals surface area contributed by atoms with Crippen molar-refractivity contribution in [1.29, 1.82) is 0 Å². The summed E-state index contributed by atoms with van der Waals surface area (Å²) in [5.41, 5.74) is 0.952. The highest BCUT2D eigenvalue weighted by Gasteiger charge is 2.29. The quantitative estimate of drug-likeness (QED) is 0.775. The summed E-state index contributed by atoms with van der Waals surface area (Å²) < 4.78 is 9.98. The molecule has 1 saturated heterocycles. The van der Waals surface area contributed by atoms with E-state index in [1.54, 1.807) is 12.1 Å². The third kappa shape index (κ3) is 2.99. The van der Waals surface area contributed by atoms with Gasteiger partial charge in [0.05, 0.1) is 26.2 Å². The van der Waals surface area contributed by atoms with Crippen molar-refractivity contribution in [2.24, 2.45) is 5.92 Å². The maximum Gasteiger partial charge on any atom is 0.313 e. The molecule has 1 aromatic rings. The van der Waals surface area contributed by atoms with Crippen molar-refractivity contribution in [3.05, 3.63) is 34.9 Å². The van der Waals surface area contributed by atoms with Crippen molar-refractivity contribution in [3.63, 3.8) is 0 Å². The van der Waals surface area contributed by atoms with Gasteiger partial charge in [0.1, 0.15) is 0 Å². The minimum Gasteiger partial charge on any atom is -0.469 e. The summed E-state index contributed by atoms with van der Waals surface area (Å²) in [5.74, 6) is 0.0418. The average Bonchev–Trinajstić information content (AvgIpc) is 2.29. The van der Waals surface area contributed by atoms with E-state index in [9.17, 15) is 4.79 Å². The lowest BCUT2D eigenvalue weighted by Gasteiger charge is -2.29. The van der Waals surface area contributed by atoms with E-state index in [2.05, 4.69) is 0 Å². The Hall–Kier alpha value is -1.06. The zero-order valence-corrected chi connectivity index (χ0v) is 10.4. The van der Waals surface area contributed by atoms with Gasteiger partial charge in [-0.05, 0) is 24.1 Å². The molecule has 92 valence electrons. The smallest absolute Gasteiger partial charge is 0.313 e. The Kier molecular flexibility index (Phi) is 4.02. The highest BCUT2D eigenvalue weighted by atomic mass is 35.5. The Bertz CT molecular complexity index is 384. The zero-order valence-electron chi connectivity index (χ0n) is 9.69. The lowest BCUT2D eigenvalue weighted by atomic mass is 9.88. The maximum atomic E-state index is 11.8. The zero-order chi connectivity index (χ0) is 12.3. The fourth-order valence-electron chi connectivity index (χ4n) is 1.96. The van der Waals surface area contributed by atoms with Crippen LogP contribution in [-0.2, 0) is 14.3 Å². The second kappa shape index (κ2) is 5.52. The van der Waals surface area contributed by atoms with Crippen LogP contribution in [0.2, 0.25) is 5.02 Å². The third-order valence-electron chi connectivity index (χ3n) is 3.03. The topological polar surface area (TPSA) is 35.5 Å². The van der Waals surface area contributed by atoms with Crippen molar-refractivity contribution >= 4 is 17.6 Å². The molecular weight excluding hydrogens is 240 g/mol. The molecule has 1 aromatic carbocycles. The molecule has 1 aliphatic heterocycles. The van der Waals surface area contributed by atoms with Gasteiger partial charge in [0.2, 0.25) is 0 Å². The molecule has 0 saturated carbocycles. The molecule has 0 spiro atoms. The predicted octanol–water partition coefficient (Wildman–Crippen LogP) is 2.63. The number of halogens is 1. The molecule has 3 nitrogen and oxygen atoms in total. The minimum absolute atomic E-state index is 0.195. The molecule has 4 heteroatoms. The first-order valence-electron chi connectivity index (χ1n) is 5.61. The first kappa shape index (κ1) is 12.4. The van der Waals surface area contributed by atoms with Crippen LogP contribution in [-0.4, -0.2) is 26.3 Å². The van der Waals surface area contributed by atoms with Crippen LogP contribution in [0.15, 0.2) is 24.3 Å². The SMILES string of the molecule is COC(=O)C(CC1COC1)c1ccc(Cl)cc1. The normalized spacial score (nSPS) is 17.3. The third-order valence-corrected chi connectivity index (χ3v) is 3.29. The van der Waals surface area contributed by atoms with Gasteiger partial charge < -0.3 is 9.47 Å². The van der Waals surface area contributed by atoms with Crippen molar-refractivity contribution in [2.45, 2.75) is 12.3 Å². The van der Waals surface area contributed by atoms with E-state index in [0.29, 0.717) is 10.9 Å². The Balaban J connectivity index is 2.13. The standard InChI is InChI=1S/C13H15ClO3/c1-16-13(15)12(6-9-7-17-8-9)10-2-4-11(14)5-3-10/h2-5,9,12H,6-8H2,1H3. The van der Waals surface area contributed by atoms with Gasteiger partial charge in [0, 0.05) is 10.9 Å². The second-order valence-electron chi connectivity index (χ2n) is 4.27. The van der Waals surface area contributed by atoms with E-state index in [1.807, 2.05) is 12.1 Å². The number of ether oxygens (including phenoxy) is 2. The van der Waals surface area contributed by atoms with Crippen LogP contribution in [0.25, 0.3) is 0 Å². The Morgan fingerprint density at radius 3 is 2.59 bits per heavy atom. The molecule has 0 radical (unpaired) electrons. The number of rotatable bonds is 4. The van der Waals surface area contributed by atoms with Crippen LogP contribution in [0.5, 0.6) is 0 Å².